The average Bonchev–Trinajstić information content (AvgIpc) is 2.46. The second-order valence-electron chi connectivity index (χ2n) is 4.09. The number of nitrogens with zero attached hydrogens (tertiary/aromatic N) is 1. The summed E-state index contributed by atoms with van der Waals surface area (Å²) in [6, 6.07) is 13.1. The van der Waals surface area contributed by atoms with Crippen molar-refractivity contribution in [1.82, 2.24) is 0 Å². The zero-order valence-corrected chi connectivity index (χ0v) is 12.4. The lowest BCUT2D eigenvalue weighted by atomic mass is 10.2. The van der Waals surface area contributed by atoms with E-state index >= 15 is 0 Å². The lowest BCUT2D eigenvalue weighted by Gasteiger charge is -2.08. The zero-order chi connectivity index (χ0) is 15.2. The molecule has 0 fully saturated rings. The molecule has 0 saturated heterocycles. The van der Waals surface area contributed by atoms with E-state index < -0.39 is 5.91 Å². The van der Waals surface area contributed by atoms with Gasteiger partial charge in [-0.3, -0.25) is 4.79 Å². The summed E-state index contributed by atoms with van der Waals surface area (Å²) in [5.41, 5.74) is 0.745. The van der Waals surface area contributed by atoms with Crippen LogP contribution in [0, 0.1) is 11.3 Å². The number of nitriles is 1. The van der Waals surface area contributed by atoms with Crippen molar-refractivity contribution in [2.24, 2.45) is 0 Å². The molecule has 1 amide bonds. The third-order valence-corrected chi connectivity index (χ3v) is 3.11. The number of amides is 1. The molecule has 0 aliphatic heterocycles. The number of carbonyl (C=O) groups excluding carboxylic acids is 1. The zero-order valence-electron chi connectivity index (χ0n) is 10.8. The van der Waals surface area contributed by atoms with Gasteiger partial charge in [0.05, 0.1) is 5.56 Å². The van der Waals surface area contributed by atoms with Gasteiger partial charge in [0, 0.05) is 10.2 Å². The van der Waals surface area contributed by atoms with E-state index in [-0.39, 0.29) is 17.9 Å². The summed E-state index contributed by atoms with van der Waals surface area (Å²) in [6.07, 6.45) is 0. The molecule has 0 spiro atoms. The summed E-state index contributed by atoms with van der Waals surface area (Å²) in [5.74, 6) is 0.0302. The third-order valence-electron chi connectivity index (χ3n) is 2.62. The number of phenolic OH excluding ortho intramolecular Hbond substituents is 1. The quantitative estimate of drug-likeness (QED) is 0.889. The molecule has 0 aromatic heterocycles. The first-order chi connectivity index (χ1) is 10.1. The first-order valence-corrected chi connectivity index (χ1v) is 6.79. The van der Waals surface area contributed by atoms with Crippen LogP contribution in [0.15, 0.2) is 46.9 Å². The fraction of sp³-hybridized carbons (Fsp3) is 0.0667. The topological polar surface area (TPSA) is 82.3 Å². The molecule has 0 unspecified atom stereocenters. The number of hydrogen-bond donors (Lipinski definition) is 2. The molecule has 2 N–H and O–H groups in total. The predicted octanol–water partition coefficient (Wildman–Crippen LogP) is 3.31. The molecular formula is C15H11BrN2O3. The van der Waals surface area contributed by atoms with Crippen LogP contribution < -0.4 is 10.1 Å². The fourth-order valence-corrected chi connectivity index (χ4v) is 1.99. The molecule has 5 nitrogen and oxygen atoms in total. The minimum absolute atomic E-state index is 0.0293. The normalized spacial score (nSPS) is 9.71. The van der Waals surface area contributed by atoms with Crippen molar-refractivity contribution in [3.05, 3.63) is 52.5 Å². The van der Waals surface area contributed by atoms with Gasteiger partial charge in [0.2, 0.25) is 0 Å². The molecule has 0 saturated carbocycles. The maximum absolute atomic E-state index is 12.0. The molecule has 0 heterocycles. The van der Waals surface area contributed by atoms with E-state index in [0.717, 1.165) is 0 Å². The van der Waals surface area contributed by atoms with E-state index in [1.165, 1.54) is 12.1 Å². The Balaban J connectivity index is 2.07. The largest absolute Gasteiger partial charge is 0.507 e. The number of nitrogens with one attached hydrogen (secondary N) is 1. The summed E-state index contributed by atoms with van der Waals surface area (Å²) in [4.78, 5) is 12.0. The number of phenols is 1. The van der Waals surface area contributed by atoms with Gasteiger partial charge in [-0.2, -0.15) is 5.26 Å². The van der Waals surface area contributed by atoms with Crippen LogP contribution in [0.4, 0.5) is 5.69 Å². The van der Waals surface area contributed by atoms with Gasteiger partial charge >= 0.3 is 0 Å². The van der Waals surface area contributed by atoms with Crippen molar-refractivity contribution in [2.45, 2.75) is 0 Å². The standard InChI is InChI=1S/C15H11BrN2O3/c16-10-1-6-13(14(19)9-10)15(20)18-11-2-4-12(5-3-11)21-8-7-17/h1-6,9,19H,8H2,(H,18,20). The Hall–Kier alpha value is -2.52. The summed E-state index contributed by atoms with van der Waals surface area (Å²) in [6.45, 7) is -0.0293. The summed E-state index contributed by atoms with van der Waals surface area (Å²) >= 11 is 3.21. The van der Waals surface area contributed by atoms with E-state index in [4.69, 9.17) is 10.00 Å². The monoisotopic (exact) mass is 346 g/mol. The number of aromatic hydroxyl groups is 1. The molecular weight excluding hydrogens is 336 g/mol. The Bertz CT molecular complexity index is 693. The van der Waals surface area contributed by atoms with Gasteiger partial charge in [-0.15, -0.1) is 0 Å². The maximum Gasteiger partial charge on any atom is 0.259 e. The number of rotatable bonds is 4. The maximum atomic E-state index is 12.0. The molecule has 0 bridgehead atoms. The summed E-state index contributed by atoms with van der Waals surface area (Å²) in [5, 5.41) is 20.8. The second kappa shape index (κ2) is 6.77. The van der Waals surface area contributed by atoms with Gasteiger partial charge in [-0.05, 0) is 42.5 Å². The molecule has 0 radical (unpaired) electrons. The van der Waals surface area contributed by atoms with Crippen LogP contribution in [0.1, 0.15) is 10.4 Å². The van der Waals surface area contributed by atoms with Gasteiger partial charge in [0.1, 0.15) is 17.6 Å². The van der Waals surface area contributed by atoms with E-state index in [1.54, 1.807) is 30.3 Å². The lowest BCUT2D eigenvalue weighted by molar-refractivity contribution is 0.102. The molecule has 0 aliphatic rings. The summed E-state index contributed by atoms with van der Waals surface area (Å²) in [7, 11) is 0. The van der Waals surface area contributed by atoms with Gasteiger partial charge in [0.15, 0.2) is 6.61 Å². The Morgan fingerprint density at radius 3 is 2.62 bits per heavy atom. The highest BCUT2D eigenvalue weighted by Gasteiger charge is 2.11. The first-order valence-electron chi connectivity index (χ1n) is 6.00. The number of benzene rings is 2. The van der Waals surface area contributed by atoms with Crippen molar-refractivity contribution < 1.29 is 14.6 Å². The molecule has 0 atom stereocenters. The van der Waals surface area contributed by atoms with Crippen LogP contribution in [0.2, 0.25) is 0 Å². The van der Waals surface area contributed by atoms with Crippen molar-refractivity contribution in [1.29, 1.82) is 5.26 Å². The van der Waals surface area contributed by atoms with Crippen LogP contribution >= 0.6 is 15.9 Å². The smallest absolute Gasteiger partial charge is 0.259 e. The molecule has 6 heteroatoms. The van der Waals surface area contributed by atoms with Gasteiger partial charge < -0.3 is 15.2 Å². The Kier molecular flexibility index (Phi) is 4.80. The molecule has 2 rings (SSSR count). The number of carbonyl (C=O) groups is 1. The Labute approximate surface area is 129 Å². The van der Waals surface area contributed by atoms with E-state index in [0.29, 0.717) is 15.9 Å². The number of ether oxygens (including phenoxy) is 1. The van der Waals surface area contributed by atoms with Crippen molar-refractivity contribution >= 4 is 27.5 Å². The molecule has 21 heavy (non-hydrogen) atoms. The van der Waals surface area contributed by atoms with Crippen LogP contribution in [-0.2, 0) is 0 Å². The Morgan fingerprint density at radius 2 is 2.00 bits per heavy atom. The van der Waals surface area contributed by atoms with Crippen LogP contribution in [0.5, 0.6) is 11.5 Å². The first kappa shape index (κ1) is 14.9. The van der Waals surface area contributed by atoms with Gasteiger partial charge in [0.25, 0.3) is 5.91 Å². The highest BCUT2D eigenvalue weighted by molar-refractivity contribution is 9.10. The highest BCUT2D eigenvalue weighted by Crippen LogP contribution is 2.23. The van der Waals surface area contributed by atoms with E-state index in [9.17, 15) is 9.90 Å². The minimum atomic E-state index is -0.411. The lowest BCUT2D eigenvalue weighted by Crippen LogP contribution is -2.12. The highest BCUT2D eigenvalue weighted by atomic mass is 79.9. The summed E-state index contributed by atoms with van der Waals surface area (Å²) < 4.78 is 5.80. The molecule has 106 valence electrons. The van der Waals surface area contributed by atoms with Crippen LogP contribution in [0.3, 0.4) is 0 Å². The number of halogens is 1. The number of hydrogen-bond acceptors (Lipinski definition) is 4. The Morgan fingerprint density at radius 1 is 1.29 bits per heavy atom. The van der Waals surface area contributed by atoms with Crippen LogP contribution in [-0.4, -0.2) is 17.6 Å². The second-order valence-corrected chi connectivity index (χ2v) is 5.00. The minimum Gasteiger partial charge on any atom is -0.507 e. The predicted molar refractivity (Wildman–Crippen MR) is 81.3 cm³/mol. The van der Waals surface area contributed by atoms with Crippen molar-refractivity contribution in [3.8, 4) is 17.6 Å². The van der Waals surface area contributed by atoms with Crippen molar-refractivity contribution in [3.63, 3.8) is 0 Å². The van der Waals surface area contributed by atoms with Crippen molar-refractivity contribution in [2.75, 3.05) is 11.9 Å². The molecule has 0 aliphatic carbocycles. The SMILES string of the molecule is N#CCOc1ccc(NC(=O)c2ccc(Br)cc2O)cc1. The third kappa shape index (κ3) is 3.97. The van der Waals surface area contributed by atoms with Gasteiger partial charge in [-0.25, -0.2) is 0 Å². The fourth-order valence-electron chi connectivity index (χ4n) is 1.65. The van der Waals surface area contributed by atoms with Gasteiger partial charge in [-0.1, -0.05) is 15.9 Å². The average molecular weight is 347 g/mol. The molecule has 2 aromatic carbocycles. The molecule has 2 aromatic rings. The number of anilines is 1. The van der Waals surface area contributed by atoms with E-state index in [1.807, 2.05) is 6.07 Å². The van der Waals surface area contributed by atoms with Crippen LogP contribution in [0.25, 0.3) is 0 Å². The van der Waals surface area contributed by atoms with E-state index in [2.05, 4.69) is 21.2 Å².